The van der Waals surface area contributed by atoms with E-state index in [1.165, 1.54) is 13.1 Å². The first-order valence-electron chi connectivity index (χ1n) is 3.77. The average Bonchev–Trinajstić information content (AvgIpc) is 2.64. The van der Waals surface area contributed by atoms with E-state index in [1.54, 1.807) is 11.1 Å². The highest BCUT2D eigenvalue weighted by molar-refractivity contribution is 5.38. The van der Waals surface area contributed by atoms with Crippen molar-refractivity contribution in [1.82, 2.24) is 4.90 Å². The molecule has 0 aromatic heterocycles. The Morgan fingerprint density at radius 3 is 3.10 bits per heavy atom. The van der Waals surface area contributed by atoms with E-state index >= 15 is 0 Å². The minimum Gasteiger partial charge on any atom is -0.289 e. The topological polar surface area (TPSA) is 3.01 Å². The number of hydrogen-bond donors (Lipinski definition) is 0. The molecule has 2 heterocycles. The van der Waals surface area contributed by atoms with Gasteiger partial charge >= 0.3 is 0 Å². The van der Waals surface area contributed by atoms with E-state index in [9.17, 15) is 0 Å². The van der Waals surface area contributed by atoms with Crippen molar-refractivity contribution in [2.45, 2.75) is 12.6 Å². The predicted molar refractivity (Wildman–Crippen MR) is 39.6 cm³/mol. The molecule has 2 aliphatic heterocycles. The Hall–Kier alpha value is -0.820. The summed E-state index contributed by atoms with van der Waals surface area (Å²) in [6.45, 7) is 2.50. The monoisotopic (exact) mass is 131 g/mol. The molecule has 1 aromatic carbocycles. The van der Waals surface area contributed by atoms with Crippen LogP contribution in [-0.4, -0.2) is 11.4 Å². The number of benzene rings is 1. The lowest BCUT2D eigenvalue weighted by atomic mass is 10.1. The van der Waals surface area contributed by atoms with Crippen molar-refractivity contribution < 1.29 is 0 Å². The van der Waals surface area contributed by atoms with Gasteiger partial charge in [0.15, 0.2) is 0 Å². The fraction of sp³-hybridized carbons (Fsp3) is 0.333. The highest BCUT2D eigenvalue weighted by atomic mass is 15.3. The smallest absolute Gasteiger partial charge is 0.0483 e. The molecule has 50 valence electrons. The zero-order chi connectivity index (χ0) is 6.55. The first kappa shape index (κ1) is 4.91. The van der Waals surface area contributed by atoms with Crippen LogP contribution >= 0.6 is 0 Å². The molecule has 2 unspecified atom stereocenters. The Morgan fingerprint density at radius 2 is 2.20 bits per heavy atom. The van der Waals surface area contributed by atoms with Crippen molar-refractivity contribution in [2.75, 3.05) is 6.54 Å². The second kappa shape index (κ2) is 1.43. The van der Waals surface area contributed by atoms with Crippen molar-refractivity contribution >= 4 is 0 Å². The fourth-order valence-corrected chi connectivity index (χ4v) is 1.87. The summed E-state index contributed by atoms with van der Waals surface area (Å²) in [6, 6.07) is 9.57. The van der Waals surface area contributed by atoms with Gasteiger partial charge in [-0.05, 0) is 11.1 Å². The molecule has 1 saturated heterocycles. The van der Waals surface area contributed by atoms with Crippen molar-refractivity contribution in [3.63, 3.8) is 0 Å². The molecule has 0 amide bonds. The molecule has 1 aromatic rings. The third-order valence-electron chi connectivity index (χ3n) is 2.50. The minimum atomic E-state index is 0.802. The molecule has 2 aliphatic rings. The molecule has 0 bridgehead atoms. The fourth-order valence-electron chi connectivity index (χ4n) is 1.87. The van der Waals surface area contributed by atoms with Crippen LogP contribution in [0.15, 0.2) is 24.3 Å². The quantitative estimate of drug-likeness (QED) is 0.483. The number of fused-ring (bicyclic) bond motifs is 3. The maximum absolute atomic E-state index is 2.49. The third-order valence-corrected chi connectivity index (χ3v) is 2.50. The largest absolute Gasteiger partial charge is 0.289 e. The number of hydrogen-bond acceptors (Lipinski definition) is 1. The maximum Gasteiger partial charge on any atom is 0.0483 e. The Bertz CT molecular complexity index is 280. The van der Waals surface area contributed by atoms with E-state index in [-0.39, 0.29) is 0 Å². The molecule has 0 radical (unpaired) electrons. The highest BCUT2D eigenvalue weighted by Gasteiger charge is 2.41. The van der Waals surface area contributed by atoms with E-state index < -0.39 is 0 Å². The molecule has 0 saturated carbocycles. The summed E-state index contributed by atoms with van der Waals surface area (Å²) in [4.78, 5) is 2.49. The average molecular weight is 131 g/mol. The van der Waals surface area contributed by atoms with Crippen LogP contribution in [0, 0.1) is 0 Å². The summed E-state index contributed by atoms with van der Waals surface area (Å²) in [5.41, 5.74) is 3.11. The van der Waals surface area contributed by atoms with Gasteiger partial charge in [-0.2, -0.15) is 0 Å². The van der Waals surface area contributed by atoms with E-state index in [2.05, 4.69) is 29.2 Å². The van der Waals surface area contributed by atoms with Gasteiger partial charge in [0.05, 0.1) is 0 Å². The van der Waals surface area contributed by atoms with Crippen molar-refractivity contribution in [2.24, 2.45) is 0 Å². The molecule has 0 N–H and O–H groups in total. The zero-order valence-electron chi connectivity index (χ0n) is 5.75. The Balaban J connectivity index is 2.22. The van der Waals surface area contributed by atoms with E-state index in [4.69, 9.17) is 0 Å². The number of nitrogens with zero attached hydrogens (tertiary/aromatic N) is 1. The minimum absolute atomic E-state index is 0.802. The predicted octanol–water partition coefficient (Wildman–Crippen LogP) is 1.56. The van der Waals surface area contributed by atoms with Gasteiger partial charge in [-0.15, -0.1) is 0 Å². The van der Waals surface area contributed by atoms with E-state index in [1.807, 2.05) is 0 Å². The molecule has 3 rings (SSSR count). The first-order chi connectivity index (χ1) is 4.95. The molecule has 0 spiro atoms. The second-order valence-corrected chi connectivity index (χ2v) is 3.14. The summed E-state index contributed by atoms with van der Waals surface area (Å²) in [5, 5.41) is 0. The normalized spacial score (nSPS) is 33.2. The summed E-state index contributed by atoms with van der Waals surface area (Å²) in [5.74, 6) is 0. The lowest BCUT2D eigenvalue weighted by molar-refractivity contribution is 0.548. The summed E-state index contributed by atoms with van der Waals surface area (Å²) < 4.78 is 0. The van der Waals surface area contributed by atoms with E-state index in [0.29, 0.717) is 0 Å². The standard InChI is InChI=1S/C9H9N/c1-2-4-8-7(3-1)5-10-6-9(8)10/h1-4,9H,5-6H2. The Morgan fingerprint density at radius 1 is 1.30 bits per heavy atom. The van der Waals surface area contributed by atoms with Crippen molar-refractivity contribution in [1.29, 1.82) is 0 Å². The van der Waals surface area contributed by atoms with E-state index in [0.717, 1.165) is 6.04 Å². The van der Waals surface area contributed by atoms with Gasteiger partial charge in [-0.25, -0.2) is 0 Å². The Kier molecular flexibility index (Phi) is 0.702. The van der Waals surface area contributed by atoms with Crippen LogP contribution < -0.4 is 0 Å². The molecule has 2 atom stereocenters. The highest BCUT2D eigenvalue weighted by Crippen LogP contribution is 2.44. The SMILES string of the molecule is c1ccc2c(c1)CN1CC21. The van der Waals surface area contributed by atoms with Gasteiger partial charge in [0.25, 0.3) is 0 Å². The van der Waals surface area contributed by atoms with Gasteiger partial charge in [0, 0.05) is 19.1 Å². The van der Waals surface area contributed by atoms with Gasteiger partial charge in [-0.3, -0.25) is 4.90 Å². The van der Waals surface area contributed by atoms with Crippen molar-refractivity contribution in [3.05, 3.63) is 35.4 Å². The lowest BCUT2D eigenvalue weighted by Gasteiger charge is -1.97. The molecule has 0 aliphatic carbocycles. The van der Waals surface area contributed by atoms with Crippen molar-refractivity contribution in [3.8, 4) is 0 Å². The van der Waals surface area contributed by atoms with Crippen LogP contribution in [0.3, 0.4) is 0 Å². The van der Waals surface area contributed by atoms with Gasteiger partial charge in [-0.1, -0.05) is 24.3 Å². The molecule has 1 heteroatoms. The van der Waals surface area contributed by atoms with Crippen LogP contribution in [0.4, 0.5) is 0 Å². The van der Waals surface area contributed by atoms with Crippen LogP contribution in [0.25, 0.3) is 0 Å². The van der Waals surface area contributed by atoms with Crippen LogP contribution in [0.5, 0.6) is 0 Å². The second-order valence-electron chi connectivity index (χ2n) is 3.14. The molecule has 1 fully saturated rings. The maximum atomic E-state index is 2.49. The van der Waals surface area contributed by atoms with Crippen LogP contribution in [0.2, 0.25) is 0 Å². The zero-order valence-corrected chi connectivity index (χ0v) is 5.75. The summed E-state index contributed by atoms with van der Waals surface area (Å²) in [7, 11) is 0. The lowest BCUT2D eigenvalue weighted by Crippen LogP contribution is -1.90. The van der Waals surface area contributed by atoms with Gasteiger partial charge in [0.1, 0.15) is 0 Å². The van der Waals surface area contributed by atoms with Crippen LogP contribution in [-0.2, 0) is 6.54 Å². The third kappa shape index (κ3) is 0.469. The Labute approximate surface area is 60.3 Å². The molecular formula is C9H9N. The summed E-state index contributed by atoms with van der Waals surface area (Å²) >= 11 is 0. The molecule has 10 heavy (non-hydrogen) atoms. The van der Waals surface area contributed by atoms with Crippen LogP contribution in [0.1, 0.15) is 17.2 Å². The summed E-state index contributed by atoms with van der Waals surface area (Å²) in [6.07, 6.45) is 0. The first-order valence-corrected chi connectivity index (χ1v) is 3.77. The van der Waals surface area contributed by atoms with Gasteiger partial charge in [0.2, 0.25) is 0 Å². The number of rotatable bonds is 0. The van der Waals surface area contributed by atoms with Gasteiger partial charge < -0.3 is 0 Å². The molecular weight excluding hydrogens is 122 g/mol. The molecule has 1 nitrogen and oxygen atoms in total.